The van der Waals surface area contributed by atoms with Gasteiger partial charge in [-0.25, -0.2) is 0 Å². The van der Waals surface area contributed by atoms with E-state index >= 15 is 0 Å². The van der Waals surface area contributed by atoms with Crippen LogP contribution in [0.25, 0.3) is 0 Å². The van der Waals surface area contributed by atoms with Crippen LogP contribution in [0.15, 0.2) is 16.6 Å². The van der Waals surface area contributed by atoms with Crippen LogP contribution in [0.1, 0.15) is 25.8 Å². The Labute approximate surface area is 121 Å². The highest BCUT2D eigenvalue weighted by atomic mass is 79.9. The number of halogens is 2. The predicted octanol–water partition coefficient (Wildman–Crippen LogP) is 3.70. The second-order valence-corrected chi connectivity index (χ2v) is 5.52. The van der Waals surface area contributed by atoms with Gasteiger partial charge < -0.3 is 10.1 Å². The molecular formula is C13H17BrClNO2. The van der Waals surface area contributed by atoms with Crippen molar-refractivity contribution in [2.24, 2.45) is 0 Å². The molecule has 1 aromatic rings. The van der Waals surface area contributed by atoms with Gasteiger partial charge in [-0.3, -0.25) is 4.79 Å². The lowest BCUT2D eigenvalue weighted by molar-refractivity contribution is -0.123. The van der Waals surface area contributed by atoms with Crippen LogP contribution in [0.4, 0.5) is 0 Å². The van der Waals surface area contributed by atoms with Gasteiger partial charge in [0.25, 0.3) is 5.91 Å². The summed E-state index contributed by atoms with van der Waals surface area (Å²) >= 11 is 9.41. The van der Waals surface area contributed by atoms with E-state index in [4.69, 9.17) is 16.3 Å². The van der Waals surface area contributed by atoms with Gasteiger partial charge in [0.15, 0.2) is 6.61 Å². The fourth-order valence-corrected chi connectivity index (χ4v) is 2.45. The molecule has 0 heterocycles. The summed E-state index contributed by atoms with van der Waals surface area (Å²) in [5.41, 5.74) is 0.894. The van der Waals surface area contributed by atoms with E-state index < -0.39 is 0 Å². The lowest BCUT2D eigenvalue weighted by Crippen LogP contribution is -2.35. The Kier molecular flexibility index (Phi) is 5.96. The van der Waals surface area contributed by atoms with Crippen molar-refractivity contribution in [3.05, 3.63) is 27.2 Å². The molecule has 0 bridgehead atoms. The number of benzene rings is 1. The van der Waals surface area contributed by atoms with Crippen LogP contribution in [0.2, 0.25) is 5.02 Å². The number of rotatable bonds is 5. The average molecular weight is 335 g/mol. The smallest absolute Gasteiger partial charge is 0.258 e. The molecule has 100 valence electrons. The van der Waals surface area contributed by atoms with E-state index in [1.54, 1.807) is 6.07 Å². The van der Waals surface area contributed by atoms with Crippen molar-refractivity contribution in [1.29, 1.82) is 0 Å². The summed E-state index contributed by atoms with van der Waals surface area (Å²) in [6, 6.07) is 3.80. The molecule has 0 aliphatic rings. The molecule has 1 aromatic carbocycles. The maximum absolute atomic E-state index is 11.6. The predicted molar refractivity (Wildman–Crippen MR) is 77.3 cm³/mol. The van der Waals surface area contributed by atoms with Crippen molar-refractivity contribution in [2.75, 3.05) is 6.61 Å². The maximum Gasteiger partial charge on any atom is 0.258 e. The first kappa shape index (κ1) is 15.3. The third kappa shape index (κ3) is 4.50. The SMILES string of the molecule is CC[C@H](C)NC(=O)COc1c(C)cc(Br)cc1Cl. The summed E-state index contributed by atoms with van der Waals surface area (Å²) in [5.74, 6) is 0.418. The summed E-state index contributed by atoms with van der Waals surface area (Å²) in [4.78, 5) is 11.6. The summed E-state index contributed by atoms with van der Waals surface area (Å²) in [5, 5.41) is 3.33. The van der Waals surface area contributed by atoms with Crippen LogP contribution in [-0.2, 0) is 4.79 Å². The molecule has 0 aliphatic carbocycles. The Morgan fingerprint density at radius 1 is 1.56 bits per heavy atom. The molecule has 0 fully saturated rings. The number of ether oxygens (including phenoxy) is 1. The number of hydrogen-bond donors (Lipinski definition) is 1. The van der Waals surface area contributed by atoms with Gasteiger partial charge in [0.2, 0.25) is 0 Å². The van der Waals surface area contributed by atoms with Gasteiger partial charge in [0.1, 0.15) is 5.75 Å². The third-order valence-corrected chi connectivity index (χ3v) is 3.30. The Balaban J connectivity index is 2.61. The number of aryl methyl sites for hydroxylation is 1. The average Bonchev–Trinajstić information content (AvgIpc) is 2.27. The number of amides is 1. The van der Waals surface area contributed by atoms with E-state index in [2.05, 4.69) is 21.2 Å². The minimum atomic E-state index is -0.136. The van der Waals surface area contributed by atoms with Gasteiger partial charge >= 0.3 is 0 Å². The normalized spacial score (nSPS) is 12.1. The summed E-state index contributed by atoms with van der Waals surface area (Å²) in [7, 11) is 0. The highest BCUT2D eigenvalue weighted by Crippen LogP contribution is 2.31. The van der Waals surface area contributed by atoms with Gasteiger partial charge in [0, 0.05) is 10.5 Å². The molecular weight excluding hydrogens is 318 g/mol. The highest BCUT2D eigenvalue weighted by molar-refractivity contribution is 9.10. The molecule has 1 rings (SSSR count). The number of carbonyl (C=O) groups is 1. The lowest BCUT2D eigenvalue weighted by atomic mass is 10.2. The summed E-state index contributed by atoms with van der Waals surface area (Å²) in [6.07, 6.45) is 0.893. The molecule has 1 N–H and O–H groups in total. The second-order valence-electron chi connectivity index (χ2n) is 4.20. The number of nitrogens with one attached hydrogen (secondary N) is 1. The first-order valence-corrected chi connectivity index (χ1v) is 6.99. The minimum Gasteiger partial charge on any atom is -0.482 e. The Bertz CT molecular complexity index is 414. The van der Waals surface area contributed by atoms with E-state index in [1.807, 2.05) is 26.8 Å². The Morgan fingerprint density at radius 2 is 2.22 bits per heavy atom. The second kappa shape index (κ2) is 7.00. The number of carbonyl (C=O) groups excluding carboxylic acids is 1. The molecule has 1 amide bonds. The molecule has 0 unspecified atom stereocenters. The molecule has 0 saturated carbocycles. The number of hydrogen-bond acceptors (Lipinski definition) is 2. The molecule has 18 heavy (non-hydrogen) atoms. The molecule has 1 atom stereocenters. The quantitative estimate of drug-likeness (QED) is 0.891. The summed E-state index contributed by atoms with van der Waals surface area (Å²) < 4.78 is 6.36. The van der Waals surface area contributed by atoms with E-state index in [1.165, 1.54) is 0 Å². The largest absolute Gasteiger partial charge is 0.482 e. The minimum absolute atomic E-state index is 0.0213. The molecule has 0 saturated heterocycles. The van der Waals surface area contributed by atoms with E-state index in [0.717, 1.165) is 16.5 Å². The van der Waals surface area contributed by atoms with Crippen LogP contribution in [-0.4, -0.2) is 18.6 Å². The van der Waals surface area contributed by atoms with E-state index in [0.29, 0.717) is 10.8 Å². The van der Waals surface area contributed by atoms with Crippen LogP contribution in [0.3, 0.4) is 0 Å². The first-order valence-electron chi connectivity index (χ1n) is 5.81. The van der Waals surface area contributed by atoms with Crippen LogP contribution >= 0.6 is 27.5 Å². The Morgan fingerprint density at radius 3 is 2.78 bits per heavy atom. The van der Waals surface area contributed by atoms with E-state index in [9.17, 15) is 4.79 Å². The molecule has 3 nitrogen and oxygen atoms in total. The van der Waals surface area contributed by atoms with Crippen molar-refractivity contribution in [3.8, 4) is 5.75 Å². The van der Waals surface area contributed by atoms with Gasteiger partial charge in [0.05, 0.1) is 5.02 Å². The van der Waals surface area contributed by atoms with E-state index in [-0.39, 0.29) is 18.6 Å². The fraction of sp³-hybridized carbons (Fsp3) is 0.462. The molecule has 0 aromatic heterocycles. The monoisotopic (exact) mass is 333 g/mol. The van der Waals surface area contributed by atoms with Crippen molar-refractivity contribution in [3.63, 3.8) is 0 Å². The van der Waals surface area contributed by atoms with Crippen molar-refractivity contribution < 1.29 is 9.53 Å². The van der Waals surface area contributed by atoms with Crippen molar-refractivity contribution in [2.45, 2.75) is 33.2 Å². The van der Waals surface area contributed by atoms with Gasteiger partial charge in [-0.15, -0.1) is 0 Å². The zero-order chi connectivity index (χ0) is 13.7. The first-order chi connectivity index (χ1) is 8.43. The maximum atomic E-state index is 11.6. The molecule has 0 spiro atoms. The van der Waals surface area contributed by atoms with Crippen LogP contribution in [0.5, 0.6) is 5.75 Å². The lowest BCUT2D eigenvalue weighted by Gasteiger charge is -2.14. The van der Waals surface area contributed by atoms with Crippen molar-refractivity contribution in [1.82, 2.24) is 5.32 Å². The zero-order valence-electron chi connectivity index (χ0n) is 10.7. The molecule has 0 aliphatic heterocycles. The van der Waals surface area contributed by atoms with Gasteiger partial charge in [-0.05, 0) is 38.0 Å². The molecule has 5 heteroatoms. The zero-order valence-corrected chi connectivity index (χ0v) is 13.1. The highest BCUT2D eigenvalue weighted by Gasteiger charge is 2.11. The molecule has 0 radical (unpaired) electrons. The van der Waals surface area contributed by atoms with Crippen LogP contribution in [0, 0.1) is 6.92 Å². The van der Waals surface area contributed by atoms with Gasteiger partial charge in [-0.1, -0.05) is 34.5 Å². The third-order valence-electron chi connectivity index (χ3n) is 2.56. The fourth-order valence-electron chi connectivity index (χ4n) is 1.43. The van der Waals surface area contributed by atoms with Gasteiger partial charge in [-0.2, -0.15) is 0 Å². The summed E-state index contributed by atoms with van der Waals surface area (Å²) in [6.45, 7) is 5.84. The Hall–Kier alpha value is -0.740. The van der Waals surface area contributed by atoms with Crippen LogP contribution < -0.4 is 10.1 Å². The standard InChI is InChI=1S/C13H17BrClNO2/c1-4-9(3)16-12(17)7-18-13-8(2)5-10(14)6-11(13)15/h5-6,9H,4,7H2,1-3H3,(H,16,17)/t9-/m0/s1. The van der Waals surface area contributed by atoms with Crippen molar-refractivity contribution >= 4 is 33.4 Å². The topological polar surface area (TPSA) is 38.3 Å².